The van der Waals surface area contributed by atoms with Crippen molar-refractivity contribution >= 4 is 37.6 Å². The smallest absolute Gasteiger partial charge is 0.425 e. The quantitative estimate of drug-likeness (QED) is 0.228. The lowest BCUT2D eigenvalue weighted by atomic mass is 10.0. The molecule has 0 aromatic carbocycles. The van der Waals surface area contributed by atoms with Crippen molar-refractivity contribution in [1.29, 1.82) is 0 Å². The summed E-state index contributed by atoms with van der Waals surface area (Å²) in [6.07, 6.45) is 3.61. The highest BCUT2D eigenvalue weighted by atomic mass is 28.3. The van der Waals surface area contributed by atoms with Crippen LogP contribution in [0.2, 0.25) is 19.6 Å². The lowest BCUT2D eigenvalue weighted by molar-refractivity contribution is 0.0427. The summed E-state index contributed by atoms with van der Waals surface area (Å²) in [4.78, 5) is 39.0. The van der Waals surface area contributed by atoms with Crippen molar-refractivity contribution < 1.29 is 27.8 Å². The number of nitrogens with one attached hydrogen (secondary N) is 1. The van der Waals surface area contributed by atoms with Crippen LogP contribution in [0.5, 0.6) is 0 Å². The predicted molar refractivity (Wildman–Crippen MR) is 169 cm³/mol. The second kappa shape index (κ2) is 13.1. The average molecular weight is 624 g/mol. The standard InChI is InChI=1S/C32H39F2N5O4Si/c1-20-23(18-35-19-25(20)38-27-24(33)15-21(17-37-27)12-14-44(8,9)10)16-22-11-13-36-28(26(22)34)39(29(40)42-31(2,3)4)30(41)43-32(5,6)7/h11,13,15,17-19H,16H2,1-10H3,(H,37,38). The Hall–Kier alpha value is -4.37. The van der Waals surface area contributed by atoms with Crippen LogP contribution < -0.4 is 10.2 Å². The van der Waals surface area contributed by atoms with Gasteiger partial charge in [0.15, 0.2) is 23.3 Å². The summed E-state index contributed by atoms with van der Waals surface area (Å²) in [7, 11) is -1.64. The number of nitrogens with zero attached hydrogens (tertiary/aromatic N) is 4. The van der Waals surface area contributed by atoms with E-state index in [9.17, 15) is 14.0 Å². The summed E-state index contributed by atoms with van der Waals surface area (Å²) in [5, 5.41) is 2.96. The number of hydrogen-bond acceptors (Lipinski definition) is 8. The number of aromatic nitrogens is 3. The van der Waals surface area contributed by atoms with E-state index in [0.717, 1.165) is 0 Å². The SMILES string of the molecule is Cc1c(Cc2ccnc(N(C(=O)OC(C)(C)C)C(=O)OC(C)(C)C)c2F)cncc1Nc1ncc(C#C[Si](C)(C)C)cc1F. The van der Waals surface area contributed by atoms with Crippen LogP contribution in [0.3, 0.4) is 0 Å². The summed E-state index contributed by atoms with van der Waals surface area (Å²) < 4.78 is 41.6. The van der Waals surface area contributed by atoms with Gasteiger partial charge in [-0.05, 0) is 77.3 Å². The highest BCUT2D eigenvalue weighted by Crippen LogP contribution is 2.29. The van der Waals surface area contributed by atoms with E-state index in [2.05, 4.69) is 51.4 Å². The first-order valence-corrected chi connectivity index (χ1v) is 17.5. The van der Waals surface area contributed by atoms with E-state index >= 15 is 4.39 Å². The van der Waals surface area contributed by atoms with Crippen molar-refractivity contribution in [2.45, 2.75) is 85.7 Å². The molecule has 1 N–H and O–H groups in total. The molecule has 0 aliphatic carbocycles. The van der Waals surface area contributed by atoms with Gasteiger partial charge in [0.1, 0.15) is 19.3 Å². The van der Waals surface area contributed by atoms with Crippen LogP contribution in [0.25, 0.3) is 0 Å². The third-order valence-corrected chi connectivity index (χ3v) is 6.57. The van der Waals surface area contributed by atoms with Crippen LogP contribution >= 0.6 is 0 Å². The van der Waals surface area contributed by atoms with Crippen molar-refractivity contribution in [3.05, 3.63) is 70.8 Å². The molecule has 234 valence electrons. The maximum absolute atomic E-state index is 16.0. The molecule has 3 aromatic rings. The van der Waals surface area contributed by atoms with E-state index in [-0.39, 0.29) is 17.8 Å². The summed E-state index contributed by atoms with van der Waals surface area (Å²) in [6.45, 7) is 17.8. The van der Waals surface area contributed by atoms with E-state index in [1.54, 1.807) is 54.7 Å². The fraction of sp³-hybridized carbons (Fsp3) is 0.406. The van der Waals surface area contributed by atoms with Gasteiger partial charge in [-0.25, -0.2) is 28.3 Å². The van der Waals surface area contributed by atoms with Gasteiger partial charge < -0.3 is 14.8 Å². The first-order chi connectivity index (χ1) is 20.2. The summed E-state index contributed by atoms with van der Waals surface area (Å²) >= 11 is 0. The number of anilines is 3. The molecule has 0 atom stereocenters. The largest absolute Gasteiger partial charge is 0.443 e. The van der Waals surface area contributed by atoms with Crippen LogP contribution in [-0.2, 0) is 15.9 Å². The molecule has 0 unspecified atom stereocenters. The van der Waals surface area contributed by atoms with Gasteiger partial charge in [-0.15, -0.1) is 5.54 Å². The molecule has 9 nitrogen and oxygen atoms in total. The van der Waals surface area contributed by atoms with Crippen LogP contribution in [-0.4, -0.2) is 46.4 Å². The Morgan fingerprint density at radius 3 is 2.11 bits per heavy atom. The third kappa shape index (κ3) is 9.57. The van der Waals surface area contributed by atoms with E-state index < -0.39 is 48.9 Å². The van der Waals surface area contributed by atoms with Gasteiger partial charge in [-0.2, -0.15) is 4.90 Å². The number of amides is 2. The molecular weight excluding hydrogens is 584 g/mol. The van der Waals surface area contributed by atoms with Crippen molar-refractivity contribution in [3.63, 3.8) is 0 Å². The molecular formula is C32H39F2N5O4Si. The molecule has 3 rings (SSSR count). The zero-order chi connectivity index (χ0) is 33.0. The van der Waals surface area contributed by atoms with E-state index in [0.29, 0.717) is 27.3 Å². The lowest BCUT2D eigenvalue weighted by Crippen LogP contribution is -2.44. The summed E-state index contributed by atoms with van der Waals surface area (Å²) in [6, 6.07) is 2.76. The highest BCUT2D eigenvalue weighted by molar-refractivity contribution is 6.83. The molecule has 0 saturated heterocycles. The Kier molecular flexibility index (Phi) is 10.2. The molecule has 0 spiro atoms. The van der Waals surface area contributed by atoms with E-state index in [1.807, 2.05) is 0 Å². The predicted octanol–water partition coefficient (Wildman–Crippen LogP) is 7.70. The number of imide groups is 1. The number of carbonyl (C=O) groups is 2. The molecule has 3 aromatic heterocycles. The van der Waals surface area contributed by atoms with Crippen LogP contribution in [0.15, 0.2) is 36.9 Å². The Balaban J connectivity index is 1.94. The number of ether oxygens (including phenoxy) is 2. The normalized spacial score (nSPS) is 11.7. The first-order valence-electron chi connectivity index (χ1n) is 14.0. The van der Waals surface area contributed by atoms with E-state index in [1.165, 1.54) is 30.7 Å². The minimum absolute atomic E-state index is 0.00616. The second-order valence-electron chi connectivity index (χ2n) is 13.2. The fourth-order valence-electron chi connectivity index (χ4n) is 3.69. The monoisotopic (exact) mass is 623 g/mol. The zero-order valence-electron chi connectivity index (χ0n) is 26.8. The van der Waals surface area contributed by atoms with Crippen molar-refractivity contribution in [1.82, 2.24) is 15.0 Å². The van der Waals surface area contributed by atoms with Gasteiger partial charge >= 0.3 is 12.2 Å². The van der Waals surface area contributed by atoms with Crippen molar-refractivity contribution in [2.24, 2.45) is 0 Å². The van der Waals surface area contributed by atoms with Crippen LogP contribution in [0.4, 0.5) is 35.7 Å². The molecule has 0 saturated carbocycles. The number of halogens is 2. The Bertz CT molecular complexity index is 1590. The van der Waals surface area contributed by atoms with Crippen LogP contribution in [0.1, 0.15) is 63.8 Å². The molecule has 44 heavy (non-hydrogen) atoms. The number of carbonyl (C=O) groups excluding carboxylic acids is 2. The fourth-order valence-corrected chi connectivity index (χ4v) is 4.21. The third-order valence-electron chi connectivity index (χ3n) is 5.69. The Morgan fingerprint density at radius 2 is 1.57 bits per heavy atom. The van der Waals surface area contributed by atoms with Crippen molar-refractivity contribution in [2.75, 3.05) is 10.2 Å². The van der Waals surface area contributed by atoms with Gasteiger partial charge in [0.05, 0.1) is 11.9 Å². The molecule has 12 heteroatoms. The average Bonchev–Trinajstić information content (AvgIpc) is 2.86. The van der Waals surface area contributed by atoms with E-state index in [4.69, 9.17) is 9.47 Å². The Labute approximate surface area is 258 Å². The van der Waals surface area contributed by atoms with Crippen molar-refractivity contribution in [3.8, 4) is 11.5 Å². The molecule has 0 fully saturated rings. The maximum Gasteiger partial charge on any atom is 0.425 e. The van der Waals surface area contributed by atoms with Gasteiger partial charge in [0.25, 0.3) is 0 Å². The summed E-state index contributed by atoms with van der Waals surface area (Å²) in [5.41, 5.74) is 3.58. The lowest BCUT2D eigenvalue weighted by Gasteiger charge is -2.28. The minimum atomic E-state index is -1.64. The zero-order valence-corrected chi connectivity index (χ0v) is 27.8. The molecule has 2 amide bonds. The number of rotatable bonds is 5. The van der Waals surface area contributed by atoms with Gasteiger partial charge in [-0.3, -0.25) is 4.98 Å². The van der Waals surface area contributed by atoms with Gasteiger partial charge in [-0.1, -0.05) is 25.6 Å². The number of hydrogen-bond donors (Lipinski definition) is 1. The first kappa shape index (κ1) is 34.1. The molecule has 0 aliphatic rings. The molecule has 3 heterocycles. The summed E-state index contributed by atoms with van der Waals surface area (Å²) in [5.74, 6) is 0.928. The second-order valence-corrected chi connectivity index (χ2v) is 18.0. The van der Waals surface area contributed by atoms with Gasteiger partial charge in [0.2, 0.25) is 0 Å². The highest BCUT2D eigenvalue weighted by Gasteiger charge is 2.36. The molecule has 0 radical (unpaired) electrons. The number of pyridine rings is 3. The molecule has 0 aliphatic heterocycles. The van der Waals surface area contributed by atoms with Gasteiger partial charge in [0, 0.05) is 30.6 Å². The van der Waals surface area contributed by atoms with Crippen LogP contribution in [0, 0.1) is 30.0 Å². The molecule has 0 bridgehead atoms. The minimum Gasteiger partial charge on any atom is -0.443 e. The topological polar surface area (TPSA) is 107 Å². The Morgan fingerprint density at radius 1 is 0.955 bits per heavy atom. The maximum atomic E-state index is 16.0.